The van der Waals surface area contributed by atoms with Gasteiger partial charge in [0.15, 0.2) is 0 Å². The van der Waals surface area contributed by atoms with Gasteiger partial charge in [-0.2, -0.15) is 4.31 Å². The Hall–Kier alpha value is -0.910. The molecule has 0 amide bonds. The van der Waals surface area contributed by atoms with Gasteiger partial charge >= 0.3 is 0 Å². The van der Waals surface area contributed by atoms with Gasteiger partial charge in [0.2, 0.25) is 10.0 Å². The monoisotopic (exact) mass is 283 g/mol. The molecule has 1 aromatic rings. The first kappa shape index (κ1) is 14.5. The number of ether oxygens (including phenoxy) is 1. The minimum absolute atomic E-state index is 0.141. The van der Waals surface area contributed by atoms with E-state index in [4.69, 9.17) is 4.74 Å². The molecule has 0 N–H and O–H groups in total. The topological polar surface area (TPSA) is 46.6 Å². The number of likely N-dealkylation sites (N-methyl/N-ethyl adjacent to an activating group) is 1. The quantitative estimate of drug-likeness (QED) is 0.764. The zero-order valence-electron chi connectivity index (χ0n) is 11.5. The van der Waals surface area contributed by atoms with Crippen LogP contribution in [-0.4, -0.2) is 44.8 Å². The predicted octanol–water partition coefficient (Wildman–Crippen LogP) is 1.67. The highest BCUT2D eigenvalue weighted by atomic mass is 32.2. The molecule has 4 nitrogen and oxygen atoms in total. The maximum Gasteiger partial charge on any atom is 0.217 e. The number of rotatable bonds is 7. The fraction of sp³-hybridized carbons (Fsp3) is 0.571. The lowest BCUT2D eigenvalue weighted by Crippen LogP contribution is -2.42. The number of sulfonamides is 1. The predicted molar refractivity (Wildman–Crippen MR) is 75.5 cm³/mol. The van der Waals surface area contributed by atoms with E-state index < -0.39 is 10.0 Å². The lowest BCUT2D eigenvalue weighted by atomic mass is 10.1. The second-order valence-electron chi connectivity index (χ2n) is 5.06. The Labute approximate surface area is 115 Å². The van der Waals surface area contributed by atoms with Gasteiger partial charge in [0.1, 0.15) is 0 Å². The standard InChI is InChI=1S/C14H21NO3S/c1-15(19(16,17)14-8-9-14)13(11-18-2)10-12-6-4-3-5-7-12/h3-7,13-14H,8-11H2,1-2H3. The van der Waals surface area contributed by atoms with Crippen LogP contribution in [0.3, 0.4) is 0 Å². The highest BCUT2D eigenvalue weighted by Crippen LogP contribution is 2.31. The highest BCUT2D eigenvalue weighted by Gasteiger charge is 2.40. The van der Waals surface area contributed by atoms with Gasteiger partial charge in [-0.3, -0.25) is 0 Å². The van der Waals surface area contributed by atoms with Crippen molar-refractivity contribution in [3.8, 4) is 0 Å². The summed E-state index contributed by atoms with van der Waals surface area (Å²) in [5.41, 5.74) is 1.13. The van der Waals surface area contributed by atoms with Crippen molar-refractivity contribution in [2.45, 2.75) is 30.6 Å². The molecule has 0 bridgehead atoms. The maximum absolute atomic E-state index is 12.3. The Kier molecular flexibility index (Phi) is 4.60. The summed E-state index contributed by atoms with van der Waals surface area (Å²) < 4.78 is 31.2. The molecule has 19 heavy (non-hydrogen) atoms. The van der Waals surface area contributed by atoms with Crippen molar-refractivity contribution in [3.05, 3.63) is 35.9 Å². The second-order valence-corrected chi connectivity index (χ2v) is 7.33. The Balaban J connectivity index is 2.11. The third-order valence-electron chi connectivity index (χ3n) is 3.53. The first-order chi connectivity index (χ1) is 9.05. The molecule has 0 spiro atoms. The minimum atomic E-state index is -3.15. The van der Waals surface area contributed by atoms with Crippen LogP contribution in [0.2, 0.25) is 0 Å². The van der Waals surface area contributed by atoms with Gasteiger partial charge < -0.3 is 4.74 Å². The molecular formula is C14H21NO3S. The van der Waals surface area contributed by atoms with E-state index in [-0.39, 0.29) is 11.3 Å². The van der Waals surface area contributed by atoms with Crippen molar-refractivity contribution in [2.24, 2.45) is 0 Å². The summed E-state index contributed by atoms with van der Waals surface area (Å²) in [6.45, 7) is 0.414. The number of hydrogen-bond acceptors (Lipinski definition) is 3. The zero-order chi connectivity index (χ0) is 13.9. The number of nitrogens with zero attached hydrogens (tertiary/aromatic N) is 1. The van der Waals surface area contributed by atoms with E-state index in [1.807, 2.05) is 30.3 Å². The summed E-state index contributed by atoms with van der Waals surface area (Å²) in [5, 5.41) is -0.173. The molecule has 1 aliphatic rings. The molecule has 1 atom stereocenters. The van der Waals surface area contributed by atoms with Crippen molar-refractivity contribution < 1.29 is 13.2 Å². The van der Waals surface area contributed by atoms with E-state index in [9.17, 15) is 8.42 Å². The molecule has 0 heterocycles. The molecule has 0 aliphatic heterocycles. The number of benzene rings is 1. The lowest BCUT2D eigenvalue weighted by molar-refractivity contribution is 0.141. The van der Waals surface area contributed by atoms with Crippen LogP contribution in [0.15, 0.2) is 30.3 Å². The fourth-order valence-corrected chi connectivity index (χ4v) is 3.93. The SMILES string of the molecule is COCC(Cc1ccccc1)N(C)S(=O)(=O)C1CC1. The first-order valence-electron chi connectivity index (χ1n) is 6.55. The van der Waals surface area contributed by atoms with Crippen molar-refractivity contribution >= 4 is 10.0 Å². The van der Waals surface area contributed by atoms with E-state index in [0.29, 0.717) is 13.0 Å². The van der Waals surface area contributed by atoms with Crippen LogP contribution in [0.4, 0.5) is 0 Å². The van der Waals surface area contributed by atoms with Crippen molar-refractivity contribution in [2.75, 3.05) is 20.8 Å². The Bertz CT molecular complexity index is 497. The Morgan fingerprint density at radius 2 is 1.95 bits per heavy atom. The van der Waals surface area contributed by atoms with Crippen LogP contribution in [-0.2, 0) is 21.2 Å². The van der Waals surface area contributed by atoms with Crippen LogP contribution < -0.4 is 0 Å². The molecule has 106 valence electrons. The molecule has 1 aliphatic carbocycles. The number of methoxy groups -OCH3 is 1. The fourth-order valence-electron chi connectivity index (χ4n) is 2.18. The summed E-state index contributed by atoms with van der Waals surface area (Å²) >= 11 is 0. The van der Waals surface area contributed by atoms with Gasteiger partial charge in [-0.05, 0) is 24.8 Å². The summed E-state index contributed by atoms with van der Waals surface area (Å²) in [6.07, 6.45) is 2.26. The van der Waals surface area contributed by atoms with Gasteiger partial charge in [0.05, 0.1) is 17.9 Å². The van der Waals surface area contributed by atoms with Gasteiger partial charge in [0.25, 0.3) is 0 Å². The molecule has 0 radical (unpaired) electrons. The number of hydrogen-bond donors (Lipinski definition) is 0. The maximum atomic E-state index is 12.3. The average molecular weight is 283 g/mol. The highest BCUT2D eigenvalue weighted by molar-refractivity contribution is 7.90. The molecule has 2 rings (SSSR count). The minimum Gasteiger partial charge on any atom is -0.383 e. The largest absolute Gasteiger partial charge is 0.383 e. The Morgan fingerprint density at radius 3 is 2.47 bits per heavy atom. The van der Waals surface area contributed by atoms with E-state index in [1.54, 1.807) is 14.2 Å². The molecule has 1 aromatic carbocycles. The lowest BCUT2D eigenvalue weighted by Gasteiger charge is -2.27. The molecule has 1 saturated carbocycles. The zero-order valence-corrected chi connectivity index (χ0v) is 12.3. The van der Waals surface area contributed by atoms with Crippen LogP contribution >= 0.6 is 0 Å². The average Bonchev–Trinajstić information content (AvgIpc) is 3.23. The normalized spacial score (nSPS) is 17.6. The second kappa shape index (κ2) is 6.03. The van der Waals surface area contributed by atoms with E-state index >= 15 is 0 Å². The molecule has 5 heteroatoms. The smallest absolute Gasteiger partial charge is 0.217 e. The third-order valence-corrected chi connectivity index (χ3v) is 5.95. The van der Waals surface area contributed by atoms with Crippen LogP contribution in [0.5, 0.6) is 0 Å². The van der Waals surface area contributed by atoms with Gasteiger partial charge in [-0.25, -0.2) is 8.42 Å². The van der Waals surface area contributed by atoms with Crippen LogP contribution in [0, 0.1) is 0 Å². The van der Waals surface area contributed by atoms with Gasteiger partial charge in [0, 0.05) is 14.2 Å². The molecule has 1 unspecified atom stereocenters. The van der Waals surface area contributed by atoms with Crippen LogP contribution in [0.25, 0.3) is 0 Å². The van der Waals surface area contributed by atoms with E-state index in [1.165, 1.54) is 4.31 Å². The van der Waals surface area contributed by atoms with E-state index in [2.05, 4.69) is 0 Å². The third kappa shape index (κ3) is 3.55. The Morgan fingerprint density at radius 1 is 1.32 bits per heavy atom. The van der Waals surface area contributed by atoms with Gasteiger partial charge in [-0.1, -0.05) is 30.3 Å². The molecular weight excluding hydrogens is 262 g/mol. The first-order valence-corrected chi connectivity index (χ1v) is 8.05. The molecule has 0 aromatic heterocycles. The van der Waals surface area contributed by atoms with Crippen molar-refractivity contribution in [1.29, 1.82) is 0 Å². The summed E-state index contributed by atoms with van der Waals surface area (Å²) in [6, 6.07) is 9.78. The van der Waals surface area contributed by atoms with Gasteiger partial charge in [-0.15, -0.1) is 0 Å². The van der Waals surface area contributed by atoms with Crippen molar-refractivity contribution in [3.63, 3.8) is 0 Å². The summed E-state index contributed by atoms with van der Waals surface area (Å²) in [4.78, 5) is 0. The molecule has 0 saturated heterocycles. The summed E-state index contributed by atoms with van der Waals surface area (Å²) in [7, 11) is 0.120. The summed E-state index contributed by atoms with van der Waals surface area (Å²) in [5.74, 6) is 0. The van der Waals surface area contributed by atoms with Crippen molar-refractivity contribution in [1.82, 2.24) is 4.31 Å². The van der Waals surface area contributed by atoms with E-state index in [0.717, 1.165) is 18.4 Å². The molecule has 1 fully saturated rings. The van der Waals surface area contributed by atoms with Crippen LogP contribution in [0.1, 0.15) is 18.4 Å².